The first kappa shape index (κ1) is 12.5. The molecule has 15 heavy (non-hydrogen) atoms. The highest BCUT2D eigenvalue weighted by Gasteiger charge is 2.04. The van der Waals surface area contributed by atoms with Crippen LogP contribution in [-0.4, -0.2) is 6.61 Å². The highest BCUT2D eigenvalue weighted by atomic mass is 79.9. The molecule has 0 aromatic heterocycles. The van der Waals surface area contributed by atoms with Gasteiger partial charge in [-0.3, -0.25) is 0 Å². The summed E-state index contributed by atoms with van der Waals surface area (Å²) in [6.07, 6.45) is 1.01. The molecule has 0 radical (unpaired) electrons. The molecule has 1 aromatic carbocycles. The quantitative estimate of drug-likeness (QED) is 0.734. The van der Waals surface area contributed by atoms with E-state index in [0.717, 1.165) is 17.7 Å². The van der Waals surface area contributed by atoms with E-state index in [1.165, 1.54) is 12.1 Å². The minimum atomic E-state index is -0.222. The Morgan fingerprint density at radius 3 is 2.73 bits per heavy atom. The van der Waals surface area contributed by atoms with Gasteiger partial charge in [0.1, 0.15) is 11.6 Å². The molecule has 0 amide bonds. The normalized spacial score (nSPS) is 10.7. The monoisotopic (exact) mass is 274 g/mol. The van der Waals surface area contributed by atoms with Gasteiger partial charge < -0.3 is 4.74 Å². The molecule has 0 fully saturated rings. The first-order valence-electron chi connectivity index (χ1n) is 5.10. The molecular weight excluding hydrogens is 259 g/mol. The Hall–Kier alpha value is -0.570. The van der Waals surface area contributed by atoms with Gasteiger partial charge in [-0.15, -0.1) is 0 Å². The Balaban J connectivity index is 2.60. The van der Waals surface area contributed by atoms with Crippen LogP contribution in [-0.2, 0) is 5.33 Å². The SMILES string of the molecule is CC(C)CCOc1ccc(F)cc1CBr. The van der Waals surface area contributed by atoms with Crippen LogP contribution in [0, 0.1) is 11.7 Å². The van der Waals surface area contributed by atoms with Gasteiger partial charge in [0, 0.05) is 10.9 Å². The van der Waals surface area contributed by atoms with Crippen molar-refractivity contribution < 1.29 is 9.13 Å². The molecule has 0 aliphatic rings. The maximum Gasteiger partial charge on any atom is 0.123 e. The van der Waals surface area contributed by atoms with Gasteiger partial charge >= 0.3 is 0 Å². The van der Waals surface area contributed by atoms with Crippen molar-refractivity contribution in [3.05, 3.63) is 29.6 Å². The van der Waals surface area contributed by atoms with Crippen LogP contribution in [0.25, 0.3) is 0 Å². The molecule has 0 unspecified atom stereocenters. The predicted octanol–water partition coefficient (Wildman–Crippen LogP) is 4.15. The van der Waals surface area contributed by atoms with Crippen molar-refractivity contribution in [2.24, 2.45) is 5.92 Å². The van der Waals surface area contributed by atoms with E-state index in [1.54, 1.807) is 6.07 Å². The van der Waals surface area contributed by atoms with Crippen molar-refractivity contribution in [2.75, 3.05) is 6.61 Å². The summed E-state index contributed by atoms with van der Waals surface area (Å²) in [6, 6.07) is 4.61. The zero-order valence-electron chi connectivity index (χ0n) is 9.09. The van der Waals surface area contributed by atoms with Crippen LogP contribution in [0.1, 0.15) is 25.8 Å². The summed E-state index contributed by atoms with van der Waals surface area (Å²) >= 11 is 3.32. The van der Waals surface area contributed by atoms with Crippen molar-refractivity contribution >= 4 is 15.9 Å². The van der Waals surface area contributed by atoms with E-state index in [1.807, 2.05) is 0 Å². The molecule has 0 saturated carbocycles. The number of rotatable bonds is 5. The molecule has 0 atom stereocenters. The molecule has 0 saturated heterocycles. The Kier molecular flexibility index (Phi) is 5.09. The molecule has 0 aliphatic heterocycles. The fourth-order valence-electron chi connectivity index (χ4n) is 1.20. The van der Waals surface area contributed by atoms with Crippen molar-refractivity contribution in [1.29, 1.82) is 0 Å². The third-order valence-electron chi connectivity index (χ3n) is 2.12. The van der Waals surface area contributed by atoms with Crippen molar-refractivity contribution in [1.82, 2.24) is 0 Å². The third-order valence-corrected chi connectivity index (χ3v) is 2.72. The van der Waals surface area contributed by atoms with E-state index in [9.17, 15) is 4.39 Å². The largest absolute Gasteiger partial charge is 0.493 e. The Morgan fingerprint density at radius 1 is 1.40 bits per heavy atom. The van der Waals surface area contributed by atoms with E-state index in [-0.39, 0.29) is 5.82 Å². The molecule has 0 aliphatic carbocycles. The van der Waals surface area contributed by atoms with Crippen LogP contribution in [0.15, 0.2) is 18.2 Å². The van der Waals surface area contributed by atoms with E-state index in [4.69, 9.17) is 4.74 Å². The zero-order chi connectivity index (χ0) is 11.3. The lowest BCUT2D eigenvalue weighted by Gasteiger charge is -2.11. The highest BCUT2D eigenvalue weighted by Crippen LogP contribution is 2.22. The topological polar surface area (TPSA) is 9.23 Å². The van der Waals surface area contributed by atoms with Gasteiger partial charge in [-0.1, -0.05) is 29.8 Å². The van der Waals surface area contributed by atoms with Gasteiger partial charge in [-0.05, 0) is 30.5 Å². The molecule has 0 N–H and O–H groups in total. The first-order valence-corrected chi connectivity index (χ1v) is 6.23. The van der Waals surface area contributed by atoms with E-state index in [0.29, 0.717) is 17.9 Å². The summed E-state index contributed by atoms with van der Waals surface area (Å²) in [4.78, 5) is 0. The lowest BCUT2D eigenvalue weighted by molar-refractivity contribution is 0.287. The molecule has 1 rings (SSSR count). The Morgan fingerprint density at radius 2 is 2.13 bits per heavy atom. The number of hydrogen-bond donors (Lipinski definition) is 0. The fraction of sp³-hybridized carbons (Fsp3) is 0.500. The van der Waals surface area contributed by atoms with Gasteiger partial charge in [-0.2, -0.15) is 0 Å². The molecule has 84 valence electrons. The smallest absolute Gasteiger partial charge is 0.123 e. The van der Waals surface area contributed by atoms with Gasteiger partial charge in [-0.25, -0.2) is 4.39 Å². The standard InChI is InChI=1S/C12H16BrFO/c1-9(2)5-6-15-12-4-3-11(14)7-10(12)8-13/h3-4,7,9H,5-6,8H2,1-2H3. The van der Waals surface area contributed by atoms with Gasteiger partial charge in [0.15, 0.2) is 0 Å². The summed E-state index contributed by atoms with van der Waals surface area (Å²) < 4.78 is 18.5. The molecule has 1 aromatic rings. The average Bonchev–Trinajstić information content (AvgIpc) is 2.19. The molecular formula is C12H16BrFO. The number of halogens is 2. The summed E-state index contributed by atoms with van der Waals surface area (Å²) in [6.45, 7) is 4.99. The lowest BCUT2D eigenvalue weighted by atomic mass is 10.1. The lowest BCUT2D eigenvalue weighted by Crippen LogP contribution is -2.03. The number of hydrogen-bond acceptors (Lipinski definition) is 1. The van der Waals surface area contributed by atoms with Gasteiger partial charge in [0.25, 0.3) is 0 Å². The third kappa shape index (κ3) is 4.20. The zero-order valence-corrected chi connectivity index (χ0v) is 10.7. The van der Waals surface area contributed by atoms with E-state index < -0.39 is 0 Å². The highest BCUT2D eigenvalue weighted by molar-refractivity contribution is 9.08. The molecule has 0 spiro atoms. The summed E-state index contributed by atoms with van der Waals surface area (Å²) in [5.74, 6) is 1.17. The minimum absolute atomic E-state index is 0.222. The molecule has 0 heterocycles. The first-order chi connectivity index (χ1) is 7.13. The van der Waals surface area contributed by atoms with Crippen molar-refractivity contribution in [3.63, 3.8) is 0 Å². The van der Waals surface area contributed by atoms with Crippen LogP contribution in [0.2, 0.25) is 0 Å². The van der Waals surface area contributed by atoms with Crippen LogP contribution < -0.4 is 4.74 Å². The van der Waals surface area contributed by atoms with E-state index >= 15 is 0 Å². The van der Waals surface area contributed by atoms with Crippen LogP contribution in [0.3, 0.4) is 0 Å². The second kappa shape index (κ2) is 6.11. The number of ether oxygens (including phenoxy) is 1. The average molecular weight is 275 g/mol. The summed E-state index contributed by atoms with van der Waals surface area (Å²) in [5, 5.41) is 0.613. The van der Waals surface area contributed by atoms with E-state index in [2.05, 4.69) is 29.8 Å². The maximum atomic E-state index is 12.9. The van der Waals surface area contributed by atoms with Crippen molar-refractivity contribution in [3.8, 4) is 5.75 Å². The predicted molar refractivity (Wildman–Crippen MR) is 64.0 cm³/mol. The van der Waals surface area contributed by atoms with Gasteiger partial charge in [0.05, 0.1) is 6.61 Å². The minimum Gasteiger partial charge on any atom is -0.493 e. The fourth-order valence-corrected chi connectivity index (χ4v) is 1.64. The molecule has 3 heteroatoms. The summed E-state index contributed by atoms with van der Waals surface area (Å²) in [7, 11) is 0. The Labute approximate surface area is 98.8 Å². The molecule has 0 bridgehead atoms. The molecule has 1 nitrogen and oxygen atoms in total. The Bertz CT molecular complexity index is 312. The van der Waals surface area contributed by atoms with Crippen LogP contribution in [0.5, 0.6) is 5.75 Å². The number of benzene rings is 1. The van der Waals surface area contributed by atoms with Gasteiger partial charge in [0.2, 0.25) is 0 Å². The van der Waals surface area contributed by atoms with Crippen LogP contribution >= 0.6 is 15.9 Å². The maximum absolute atomic E-state index is 12.9. The number of alkyl halides is 1. The second-order valence-corrected chi connectivity index (χ2v) is 4.48. The second-order valence-electron chi connectivity index (χ2n) is 3.92. The summed E-state index contributed by atoms with van der Waals surface area (Å²) in [5.41, 5.74) is 0.860. The van der Waals surface area contributed by atoms with Crippen molar-refractivity contribution in [2.45, 2.75) is 25.6 Å². The van der Waals surface area contributed by atoms with Crippen LogP contribution in [0.4, 0.5) is 4.39 Å².